The molecule has 4 rings (SSSR count). The third-order valence-electron chi connectivity index (χ3n) is 4.92. The fourth-order valence-electron chi connectivity index (χ4n) is 3.51. The molecule has 1 aromatic heterocycles. The van der Waals surface area contributed by atoms with Crippen molar-refractivity contribution in [3.05, 3.63) is 66.1 Å². The second-order valence-electron chi connectivity index (χ2n) is 7.06. The molecule has 4 nitrogen and oxygen atoms in total. The summed E-state index contributed by atoms with van der Waals surface area (Å²) >= 11 is 0. The summed E-state index contributed by atoms with van der Waals surface area (Å²) in [5, 5.41) is 2.32. The highest BCUT2D eigenvalue weighted by Gasteiger charge is 2.24. The van der Waals surface area contributed by atoms with E-state index in [1.807, 2.05) is 41.3 Å². The number of carbonyl (C=O) groups excluding carboxylic acids is 1. The van der Waals surface area contributed by atoms with Crippen LogP contribution in [-0.4, -0.2) is 23.9 Å². The van der Waals surface area contributed by atoms with Crippen molar-refractivity contribution in [2.24, 2.45) is 5.92 Å². The van der Waals surface area contributed by atoms with Crippen LogP contribution in [0.5, 0.6) is 5.75 Å². The van der Waals surface area contributed by atoms with Gasteiger partial charge in [-0.05, 0) is 53.8 Å². The molecule has 1 amide bonds. The van der Waals surface area contributed by atoms with E-state index < -0.39 is 0 Å². The topological polar surface area (TPSA) is 42.7 Å². The highest BCUT2D eigenvalue weighted by atomic mass is 16.5. The molecule has 4 heteroatoms. The number of nitrogens with zero attached hydrogens (tertiary/aromatic N) is 1. The minimum Gasteiger partial charge on any atom is -0.486 e. The lowest BCUT2D eigenvalue weighted by atomic mass is 10.0. The summed E-state index contributed by atoms with van der Waals surface area (Å²) in [5.41, 5.74) is 0. The number of carbonyl (C=O) groups is 1. The molecule has 1 unspecified atom stereocenters. The summed E-state index contributed by atoms with van der Waals surface area (Å²) in [7, 11) is 0. The number of likely N-dealkylation sites (tertiary alicyclic amines) is 1. The fraction of sp³-hybridized carbons (Fsp3) is 0.318. The van der Waals surface area contributed by atoms with Crippen molar-refractivity contribution < 1.29 is 13.9 Å². The lowest BCUT2D eigenvalue weighted by molar-refractivity contribution is 0.0647. The normalized spacial score (nSPS) is 17.4. The van der Waals surface area contributed by atoms with Gasteiger partial charge >= 0.3 is 0 Å². The van der Waals surface area contributed by atoms with Crippen molar-refractivity contribution in [3.63, 3.8) is 0 Å². The van der Waals surface area contributed by atoms with E-state index in [1.54, 1.807) is 6.07 Å². The Bertz CT molecular complexity index is 914. The first-order chi connectivity index (χ1) is 12.7. The molecule has 1 fully saturated rings. The van der Waals surface area contributed by atoms with E-state index in [0.29, 0.717) is 24.0 Å². The Balaban J connectivity index is 1.40. The quantitative estimate of drug-likeness (QED) is 0.674. The summed E-state index contributed by atoms with van der Waals surface area (Å²) in [6, 6.07) is 17.7. The van der Waals surface area contributed by atoms with Crippen molar-refractivity contribution in [1.82, 2.24) is 4.90 Å². The lowest BCUT2D eigenvalue weighted by Crippen LogP contribution is -2.38. The van der Waals surface area contributed by atoms with Crippen molar-refractivity contribution in [2.75, 3.05) is 13.1 Å². The van der Waals surface area contributed by atoms with Gasteiger partial charge in [0.15, 0.2) is 5.76 Å². The standard InChI is InChI=1S/C22H23NO3/c1-16-5-4-12-23(14-16)22(24)21-11-10-20(26-21)15-25-19-9-8-17-6-2-3-7-18(17)13-19/h2-3,6-11,13,16H,4-5,12,14-15H2,1H3. The zero-order valence-corrected chi connectivity index (χ0v) is 15.0. The molecule has 2 aromatic carbocycles. The van der Waals surface area contributed by atoms with Gasteiger partial charge in [0, 0.05) is 13.1 Å². The van der Waals surface area contributed by atoms with Crippen molar-refractivity contribution in [2.45, 2.75) is 26.4 Å². The molecule has 1 aliphatic rings. The molecule has 2 heterocycles. The number of amides is 1. The summed E-state index contributed by atoms with van der Waals surface area (Å²) in [4.78, 5) is 14.5. The van der Waals surface area contributed by atoms with Crippen molar-refractivity contribution >= 4 is 16.7 Å². The second-order valence-corrected chi connectivity index (χ2v) is 7.06. The van der Waals surface area contributed by atoms with Gasteiger partial charge in [0.25, 0.3) is 5.91 Å². The molecule has 1 saturated heterocycles. The number of furan rings is 1. The van der Waals surface area contributed by atoms with E-state index in [2.05, 4.69) is 19.1 Å². The van der Waals surface area contributed by atoms with E-state index >= 15 is 0 Å². The average Bonchev–Trinajstić information content (AvgIpc) is 3.14. The second kappa shape index (κ2) is 7.24. The minimum atomic E-state index is -0.0199. The molecule has 134 valence electrons. The predicted octanol–water partition coefficient (Wildman–Crippen LogP) is 4.88. The molecular weight excluding hydrogens is 326 g/mol. The van der Waals surface area contributed by atoms with E-state index in [4.69, 9.17) is 9.15 Å². The number of benzene rings is 2. The Hall–Kier alpha value is -2.75. The van der Waals surface area contributed by atoms with Gasteiger partial charge in [0.2, 0.25) is 0 Å². The molecule has 1 aliphatic heterocycles. The number of ether oxygens (including phenoxy) is 1. The molecule has 3 aromatic rings. The third-order valence-corrected chi connectivity index (χ3v) is 4.92. The number of piperidine rings is 1. The Kier molecular flexibility index (Phi) is 4.65. The molecule has 0 bridgehead atoms. The number of fused-ring (bicyclic) bond motifs is 1. The van der Waals surface area contributed by atoms with Crippen LogP contribution < -0.4 is 4.74 Å². The van der Waals surface area contributed by atoms with Gasteiger partial charge in [0.1, 0.15) is 18.1 Å². The van der Waals surface area contributed by atoms with Gasteiger partial charge in [0.05, 0.1) is 0 Å². The monoisotopic (exact) mass is 349 g/mol. The van der Waals surface area contributed by atoms with Crippen LogP contribution in [0.3, 0.4) is 0 Å². The van der Waals surface area contributed by atoms with Gasteiger partial charge in [-0.15, -0.1) is 0 Å². The zero-order chi connectivity index (χ0) is 17.9. The predicted molar refractivity (Wildman–Crippen MR) is 101 cm³/mol. The van der Waals surface area contributed by atoms with Crippen LogP contribution >= 0.6 is 0 Å². The smallest absolute Gasteiger partial charge is 0.289 e. The first-order valence-corrected chi connectivity index (χ1v) is 9.18. The Labute approximate surface area is 153 Å². The third kappa shape index (κ3) is 3.59. The Morgan fingerprint density at radius 1 is 1.15 bits per heavy atom. The maximum Gasteiger partial charge on any atom is 0.289 e. The van der Waals surface area contributed by atoms with Crippen LogP contribution in [0.15, 0.2) is 59.0 Å². The fourth-order valence-corrected chi connectivity index (χ4v) is 3.51. The van der Waals surface area contributed by atoms with Crippen LogP contribution in [0.25, 0.3) is 10.8 Å². The van der Waals surface area contributed by atoms with Crippen molar-refractivity contribution in [1.29, 1.82) is 0 Å². The molecule has 0 spiro atoms. The number of hydrogen-bond donors (Lipinski definition) is 0. The highest BCUT2D eigenvalue weighted by Crippen LogP contribution is 2.23. The number of rotatable bonds is 4. The van der Waals surface area contributed by atoms with Crippen LogP contribution in [0.1, 0.15) is 36.1 Å². The van der Waals surface area contributed by atoms with E-state index in [-0.39, 0.29) is 5.91 Å². The molecule has 0 radical (unpaired) electrons. The minimum absolute atomic E-state index is 0.0199. The summed E-state index contributed by atoms with van der Waals surface area (Å²) < 4.78 is 11.6. The van der Waals surface area contributed by atoms with Gasteiger partial charge in [-0.25, -0.2) is 0 Å². The van der Waals surface area contributed by atoms with E-state index in [0.717, 1.165) is 30.6 Å². The summed E-state index contributed by atoms with van der Waals surface area (Å²) in [6.07, 6.45) is 2.25. The molecule has 0 saturated carbocycles. The highest BCUT2D eigenvalue weighted by molar-refractivity contribution is 5.91. The van der Waals surface area contributed by atoms with Crippen molar-refractivity contribution in [3.8, 4) is 5.75 Å². The number of hydrogen-bond acceptors (Lipinski definition) is 3. The largest absolute Gasteiger partial charge is 0.486 e. The molecule has 26 heavy (non-hydrogen) atoms. The first kappa shape index (κ1) is 16.7. The van der Waals surface area contributed by atoms with Crippen LogP contribution in [0.2, 0.25) is 0 Å². The first-order valence-electron chi connectivity index (χ1n) is 9.18. The van der Waals surface area contributed by atoms with Gasteiger partial charge in [-0.1, -0.05) is 37.3 Å². The summed E-state index contributed by atoms with van der Waals surface area (Å²) in [6.45, 7) is 4.11. The van der Waals surface area contributed by atoms with Crippen LogP contribution in [0, 0.1) is 5.92 Å². The van der Waals surface area contributed by atoms with E-state index in [1.165, 1.54) is 11.8 Å². The van der Waals surface area contributed by atoms with Gasteiger partial charge in [-0.2, -0.15) is 0 Å². The lowest BCUT2D eigenvalue weighted by Gasteiger charge is -2.30. The average molecular weight is 349 g/mol. The van der Waals surface area contributed by atoms with Crippen LogP contribution in [-0.2, 0) is 6.61 Å². The SMILES string of the molecule is CC1CCCN(C(=O)c2ccc(COc3ccc4ccccc4c3)o2)C1. The molecular formula is C22H23NO3. The van der Waals surface area contributed by atoms with Gasteiger partial charge < -0.3 is 14.1 Å². The zero-order valence-electron chi connectivity index (χ0n) is 15.0. The van der Waals surface area contributed by atoms with E-state index in [9.17, 15) is 4.79 Å². The molecule has 0 aliphatic carbocycles. The Morgan fingerprint density at radius 2 is 2.00 bits per heavy atom. The maximum atomic E-state index is 12.6. The maximum absolute atomic E-state index is 12.6. The van der Waals surface area contributed by atoms with Gasteiger partial charge in [-0.3, -0.25) is 4.79 Å². The summed E-state index contributed by atoms with van der Waals surface area (Å²) in [5.74, 6) is 2.38. The molecule has 0 N–H and O–H groups in total. The Morgan fingerprint density at radius 3 is 2.85 bits per heavy atom. The molecule has 1 atom stereocenters. The van der Waals surface area contributed by atoms with Crippen LogP contribution in [0.4, 0.5) is 0 Å².